The second-order valence-corrected chi connectivity index (χ2v) is 20.9. The molecule has 0 fully saturated rings. The predicted molar refractivity (Wildman–Crippen MR) is 337 cm³/mol. The van der Waals surface area contributed by atoms with Gasteiger partial charge in [-0.3, -0.25) is 4.98 Å². The Bertz CT molecular complexity index is 5130. The Hall–Kier alpha value is -11.2. The van der Waals surface area contributed by atoms with Gasteiger partial charge in [-0.2, -0.15) is 0 Å². The third kappa shape index (κ3) is 6.72. The molecule has 17 rings (SSSR count). The second-order valence-electron chi connectivity index (χ2n) is 20.9. The molecule has 0 bridgehead atoms. The van der Waals surface area contributed by atoms with Gasteiger partial charge in [-0.05, 0) is 60.7 Å². The van der Waals surface area contributed by atoms with Gasteiger partial charge in [0.2, 0.25) is 0 Å². The zero-order chi connectivity index (χ0) is 53.8. The summed E-state index contributed by atoms with van der Waals surface area (Å²) >= 11 is 0. The van der Waals surface area contributed by atoms with Gasteiger partial charge in [0.25, 0.3) is 0 Å². The Balaban J connectivity index is 1.26. The molecule has 0 atom stereocenters. The highest BCUT2D eigenvalue weighted by molar-refractivity contribution is 6.18. The van der Waals surface area contributed by atoms with Crippen molar-refractivity contribution in [3.63, 3.8) is 0 Å². The summed E-state index contributed by atoms with van der Waals surface area (Å²) in [6.45, 7) is 0. The van der Waals surface area contributed by atoms with E-state index in [4.69, 9.17) is 19.9 Å². The van der Waals surface area contributed by atoms with E-state index in [9.17, 15) is 0 Å². The van der Waals surface area contributed by atoms with Crippen LogP contribution in [0.5, 0.6) is 0 Å². The third-order valence-electron chi connectivity index (χ3n) is 16.5. The quantitative estimate of drug-likeness (QED) is 0.152. The first-order valence-electron chi connectivity index (χ1n) is 27.7. The van der Waals surface area contributed by atoms with Gasteiger partial charge in [-0.25, -0.2) is 15.0 Å². The molecule has 6 heterocycles. The molecule has 6 aromatic heterocycles. The zero-order valence-corrected chi connectivity index (χ0v) is 44.1. The highest BCUT2D eigenvalue weighted by Gasteiger charge is 2.37. The molecule has 0 radical (unpaired) electrons. The summed E-state index contributed by atoms with van der Waals surface area (Å²) in [4.78, 5) is 22.5. The van der Waals surface area contributed by atoms with Crippen LogP contribution in [0.1, 0.15) is 0 Å². The van der Waals surface area contributed by atoms with Gasteiger partial charge in [-0.15, -0.1) is 0 Å². The molecule has 8 heteroatoms. The van der Waals surface area contributed by atoms with Crippen LogP contribution in [0.4, 0.5) is 0 Å². The van der Waals surface area contributed by atoms with Crippen molar-refractivity contribution < 1.29 is 0 Å². The maximum Gasteiger partial charge on any atom is 0.167 e. The smallest absolute Gasteiger partial charge is 0.167 e. The standard InChI is InChI=1S/C74H46N8/c1-3-25-47(26-4-1)72-76-73(48-27-5-2-6-28-48)78-74(77-72)67-66(57-37-23-24-46-75-57)68(79-58-38-15-7-29-49(58)50-30-8-16-39-59(50)79)70(81-62-42-19-11-33-53(62)54-34-12-20-43-63(54)81)71(82-64-44-21-13-35-55(64)56-36-14-22-45-65(56)82)69(67)80-60-40-17-9-31-51(60)52-32-10-18-41-61(52)80/h1-46H. The molecule has 0 N–H and O–H groups in total. The van der Waals surface area contributed by atoms with Crippen molar-refractivity contribution in [2.75, 3.05) is 0 Å². The van der Waals surface area contributed by atoms with Gasteiger partial charge in [0.05, 0.1) is 78.1 Å². The fourth-order valence-electron chi connectivity index (χ4n) is 13.1. The lowest BCUT2D eigenvalue weighted by atomic mass is 9.93. The normalized spacial score (nSPS) is 11.9. The summed E-state index contributed by atoms with van der Waals surface area (Å²) in [5.74, 6) is 1.59. The fourth-order valence-corrected chi connectivity index (χ4v) is 13.1. The van der Waals surface area contributed by atoms with Crippen molar-refractivity contribution in [1.29, 1.82) is 0 Å². The molecule has 0 spiro atoms. The van der Waals surface area contributed by atoms with Gasteiger partial charge in [0.15, 0.2) is 17.5 Å². The first-order chi connectivity index (χ1) is 40.8. The van der Waals surface area contributed by atoms with Crippen LogP contribution in [0.3, 0.4) is 0 Å². The first kappa shape index (κ1) is 45.8. The molecule has 0 aliphatic carbocycles. The highest BCUT2D eigenvalue weighted by Crippen LogP contribution is 2.54. The number of hydrogen-bond donors (Lipinski definition) is 0. The molecule has 0 amide bonds. The number of aromatic nitrogens is 8. The van der Waals surface area contributed by atoms with Crippen molar-refractivity contribution in [3.8, 4) is 68.2 Å². The molecule has 0 saturated carbocycles. The Kier molecular flexibility index (Phi) is 10.1. The monoisotopic (exact) mass is 1050 g/mol. The lowest BCUT2D eigenvalue weighted by Crippen LogP contribution is -2.17. The third-order valence-corrected chi connectivity index (χ3v) is 16.5. The maximum atomic E-state index is 5.81. The first-order valence-corrected chi connectivity index (χ1v) is 27.7. The number of benzene rings is 11. The van der Waals surface area contributed by atoms with Crippen molar-refractivity contribution >= 4 is 87.2 Å². The molecule has 82 heavy (non-hydrogen) atoms. The molecular weight excluding hydrogens is 1000 g/mol. The van der Waals surface area contributed by atoms with E-state index in [1.165, 1.54) is 0 Å². The maximum absolute atomic E-state index is 5.81. The van der Waals surface area contributed by atoms with E-state index < -0.39 is 0 Å². The van der Waals surface area contributed by atoms with Gasteiger partial charge in [0.1, 0.15) is 0 Å². The summed E-state index contributed by atoms with van der Waals surface area (Å²) in [6.07, 6.45) is 1.91. The van der Waals surface area contributed by atoms with E-state index in [1.54, 1.807) is 0 Å². The molecule has 0 saturated heterocycles. The predicted octanol–water partition coefficient (Wildman–Crippen LogP) is 18.3. The molecule has 0 unspecified atom stereocenters. The summed E-state index contributed by atoms with van der Waals surface area (Å²) < 4.78 is 10.1. The van der Waals surface area contributed by atoms with Crippen molar-refractivity contribution in [1.82, 2.24) is 38.2 Å². The molecular formula is C74H46N8. The molecule has 11 aromatic carbocycles. The number of hydrogen-bond acceptors (Lipinski definition) is 4. The minimum Gasteiger partial charge on any atom is -0.306 e. The number of nitrogens with zero attached hydrogens (tertiary/aromatic N) is 8. The van der Waals surface area contributed by atoms with E-state index in [-0.39, 0.29) is 0 Å². The Morgan fingerprint density at radius 2 is 0.463 bits per heavy atom. The van der Waals surface area contributed by atoms with Crippen LogP contribution >= 0.6 is 0 Å². The van der Waals surface area contributed by atoms with E-state index in [2.05, 4.69) is 249 Å². The van der Waals surface area contributed by atoms with Crippen LogP contribution in [0.15, 0.2) is 279 Å². The van der Waals surface area contributed by atoms with E-state index >= 15 is 0 Å². The van der Waals surface area contributed by atoms with Crippen molar-refractivity contribution in [2.24, 2.45) is 0 Å². The lowest BCUT2D eigenvalue weighted by Gasteiger charge is -2.30. The topological polar surface area (TPSA) is 71.3 Å². The number of rotatable bonds is 8. The van der Waals surface area contributed by atoms with Crippen LogP contribution in [-0.2, 0) is 0 Å². The molecule has 17 aromatic rings. The average Bonchev–Trinajstić information content (AvgIpc) is 2.35. The fraction of sp³-hybridized carbons (Fsp3) is 0. The SMILES string of the molecule is c1ccc(-c2nc(-c3ccccc3)nc(-c3c(-c4ccccn4)c(-n4c5ccccc5c5ccccc54)c(-n4c5ccccc5c5ccccc54)c(-n4c5ccccc5c5ccccc54)c3-n3c4ccccc4c4ccccc43)n2)cc1. The van der Waals surface area contributed by atoms with E-state index in [1.807, 2.05) is 48.7 Å². The average molecular weight is 1050 g/mol. The summed E-state index contributed by atoms with van der Waals surface area (Å²) in [7, 11) is 0. The van der Waals surface area contributed by atoms with Crippen LogP contribution in [-0.4, -0.2) is 38.2 Å². The summed E-state index contributed by atoms with van der Waals surface area (Å²) in [5, 5.41) is 9.03. The van der Waals surface area contributed by atoms with Gasteiger partial charge in [0, 0.05) is 66.0 Å². The van der Waals surface area contributed by atoms with Crippen LogP contribution in [0.25, 0.3) is 155 Å². The van der Waals surface area contributed by atoms with Crippen LogP contribution < -0.4 is 0 Å². The second kappa shape index (κ2) is 18.2. The largest absolute Gasteiger partial charge is 0.306 e. The highest BCUT2D eigenvalue weighted by atomic mass is 15.2. The van der Waals surface area contributed by atoms with Crippen molar-refractivity contribution in [2.45, 2.75) is 0 Å². The van der Waals surface area contributed by atoms with E-state index in [0.717, 1.165) is 138 Å². The minimum absolute atomic E-state index is 0.489. The van der Waals surface area contributed by atoms with E-state index in [0.29, 0.717) is 17.5 Å². The summed E-state index contributed by atoms with van der Waals surface area (Å²) in [6, 6.07) is 97.5. The lowest BCUT2D eigenvalue weighted by molar-refractivity contribution is 1.01. The summed E-state index contributed by atoms with van der Waals surface area (Å²) in [5.41, 5.74) is 16.1. The zero-order valence-electron chi connectivity index (χ0n) is 44.1. The van der Waals surface area contributed by atoms with Gasteiger partial charge in [-0.1, -0.05) is 212 Å². The van der Waals surface area contributed by atoms with Crippen LogP contribution in [0.2, 0.25) is 0 Å². The Labute approximate surface area is 470 Å². The van der Waals surface area contributed by atoms with Crippen LogP contribution in [0, 0.1) is 0 Å². The van der Waals surface area contributed by atoms with Gasteiger partial charge < -0.3 is 18.3 Å². The molecule has 8 nitrogen and oxygen atoms in total. The molecule has 382 valence electrons. The minimum atomic E-state index is 0.489. The van der Waals surface area contributed by atoms with Gasteiger partial charge >= 0.3 is 0 Å². The number of pyridine rings is 1. The Morgan fingerprint density at radius 1 is 0.207 bits per heavy atom. The number of para-hydroxylation sites is 8. The molecule has 0 aliphatic heterocycles. The van der Waals surface area contributed by atoms with Crippen molar-refractivity contribution in [3.05, 3.63) is 279 Å². The Morgan fingerprint density at radius 3 is 0.768 bits per heavy atom. The number of fused-ring (bicyclic) bond motifs is 12. The molecule has 0 aliphatic rings.